The van der Waals surface area contributed by atoms with Crippen LogP contribution in [-0.4, -0.2) is 24.7 Å². The molecule has 5 nitrogen and oxygen atoms in total. The minimum absolute atomic E-state index is 0.0899. The van der Waals surface area contributed by atoms with E-state index in [0.29, 0.717) is 0 Å². The number of carbonyl (C=O) groups excluding carboxylic acids is 2. The van der Waals surface area contributed by atoms with Gasteiger partial charge in [-0.2, -0.15) is 8.78 Å². The Morgan fingerprint density at radius 2 is 1.36 bits per heavy atom. The van der Waals surface area contributed by atoms with Gasteiger partial charge < -0.3 is 14.8 Å². The van der Waals surface area contributed by atoms with Crippen molar-refractivity contribution in [2.45, 2.75) is 18.4 Å². The zero-order valence-corrected chi connectivity index (χ0v) is 18.5. The van der Waals surface area contributed by atoms with Crippen LogP contribution in [0.5, 0.6) is 5.75 Å². The molecule has 0 fully saturated rings. The number of nitrogens with one attached hydrogen (secondary N) is 1. The fourth-order valence-electron chi connectivity index (χ4n) is 4.01. The number of fused-ring (bicyclic) bond motifs is 3. The van der Waals surface area contributed by atoms with E-state index in [1.54, 1.807) is 0 Å². The zero-order chi connectivity index (χ0) is 26.0. The molecule has 1 amide bonds. The number of halogens is 5. The number of rotatable bonds is 7. The molecule has 0 aromatic heterocycles. The lowest BCUT2D eigenvalue weighted by molar-refractivity contribution is -0.137. The maximum atomic E-state index is 13.9. The molecule has 0 saturated carbocycles. The second kappa shape index (κ2) is 10.2. The summed E-state index contributed by atoms with van der Waals surface area (Å²) in [5, 5.41) is 2.18. The minimum Gasteiger partial charge on any atom is -0.449 e. The maximum absolute atomic E-state index is 13.9. The first-order valence-corrected chi connectivity index (χ1v) is 10.7. The van der Waals surface area contributed by atoms with E-state index in [1.807, 2.05) is 48.5 Å². The molecule has 1 N–H and O–H groups in total. The molecule has 1 aliphatic rings. The van der Waals surface area contributed by atoms with Crippen molar-refractivity contribution in [3.05, 3.63) is 101 Å². The van der Waals surface area contributed by atoms with Crippen molar-refractivity contribution < 1.29 is 41.0 Å². The normalized spacial score (nSPS) is 12.9. The molecule has 0 radical (unpaired) electrons. The third kappa shape index (κ3) is 4.53. The summed E-state index contributed by atoms with van der Waals surface area (Å²) in [6, 6.07) is 13.6. The molecule has 0 spiro atoms. The lowest BCUT2D eigenvalue weighted by atomic mass is 9.98. The topological polar surface area (TPSA) is 64.6 Å². The van der Waals surface area contributed by atoms with E-state index in [0.717, 1.165) is 22.3 Å². The molecule has 3 aromatic carbocycles. The highest BCUT2D eigenvalue weighted by Crippen LogP contribution is 2.44. The summed E-state index contributed by atoms with van der Waals surface area (Å²) in [5.74, 6) is -15.1. The van der Waals surface area contributed by atoms with Crippen molar-refractivity contribution in [2.24, 2.45) is 0 Å². The maximum Gasteiger partial charge on any atom is 0.407 e. The lowest BCUT2D eigenvalue weighted by Gasteiger charge is -2.18. The predicted octanol–water partition coefficient (Wildman–Crippen LogP) is 5.77. The summed E-state index contributed by atoms with van der Waals surface area (Å²) in [7, 11) is 0. The van der Waals surface area contributed by atoms with Crippen LogP contribution >= 0.6 is 0 Å². The van der Waals surface area contributed by atoms with Crippen molar-refractivity contribution in [2.75, 3.05) is 6.61 Å². The lowest BCUT2D eigenvalue weighted by Crippen LogP contribution is -2.43. The molecule has 0 heterocycles. The Bertz CT molecular complexity index is 1290. The van der Waals surface area contributed by atoms with Gasteiger partial charge in [-0.15, -0.1) is 6.58 Å². The highest BCUT2D eigenvalue weighted by atomic mass is 19.2. The van der Waals surface area contributed by atoms with Crippen LogP contribution in [0.4, 0.5) is 26.7 Å². The summed E-state index contributed by atoms with van der Waals surface area (Å²) >= 11 is 0. The third-order valence-electron chi connectivity index (χ3n) is 5.69. The van der Waals surface area contributed by atoms with Gasteiger partial charge in [0, 0.05) is 5.92 Å². The van der Waals surface area contributed by atoms with E-state index in [-0.39, 0.29) is 18.9 Å². The van der Waals surface area contributed by atoms with Gasteiger partial charge >= 0.3 is 12.1 Å². The number of hydrogen-bond donors (Lipinski definition) is 1. The van der Waals surface area contributed by atoms with E-state index in [1.165, 1.54) is 6.08 Å². The zero-order valence-electron chi connectivity index (χ0n) is 18.5. The predicted molar refractivity (Wildman–Crippen MR) is 119 cm³/mol. The fourth-order valence-corrected chi connectivity index (χ4v) is 4.01. The summed E-state index contributed by atoms with van der Waals surface area (Å²) in [5.41, 5.74) is 3.89. The van der Waals surface area contributed by atoms with Gasteiger partial charge in [-0.3, -0.25) is 0 Å². The summed E-state index contributed by atoms with van der Waals surface area (Å²) in [6.45, 7) is 3.32. The molecule has 186 valence electrons. The Kier molecular flexibility index (Phi) is 7.05. The molecule has 4 rings (SSSR count). The summed E-state index contributed by atoms with van der Waals surface area (Å²) in [4.78, 5) is 24.9. The van der Waals surface area contributed by atoms with Crippen LogP contribution in [0.3, 0.4) is 0 Å². The van der Waals surface area contributed by atoms with Gasteiger partial charge in [0.2, 0.25) is 34.8 Å². The minimum atomic E-state index is -2.40. The quantitative estimate of drug-likeness (QED) is 0.111. The molecular formula is C26H18F5NO4. The third-order valence-corrected chi connectivity index (χ3v) is 5.69. The Balaban J connectivity index is 1.46. The Labute approximate surface area is 202 Å². The van der Waals surface area contributed by atoms with Crippen LogP contribution in [-0.2, 0) is 9.53 Å². The second-order valence-electron chi connectivity index (χ2n) is 7.87. The Morgan fingerprint density at radius 1 is 0.861 bits per heavy atom. The highest BCUT2D eigenvalue weighted by Gasteiger charge is 2.32. The Morgan fingerprint density at radius 3 is 1.89 bits per heavy atom. The molecule has 36 heavy (non-hydrogen) atoms. The van der Waals surface area contributed by atoms with Crippen LogP contribution in [0.2, 0.25) is 0 Å². The van der Waals surface area contributed by atoms with Gasteiger partial charge in [0.05, 0.1) is 0 Å². The number of amides is 1. The van der Waals surface area contributed by atoms with Crippen LogP contribution in [0.1, 0.15) is 23.5 Å². The van der Waals surface area contributed by atoms with E-state index in [4.69, 9.17) is 4.74 Å². The molecule has 0 saturated heterocycles. The van der Waals surface area contributed by atoms with Crippen LogP contribution in [0.25, 0.3) is 11.1 Å². The number of hydrogen-bond acceptors (Lipinski definition) is 4. The smallest absolute Gasteiger partial charge is 0.407 e. The van der Waals surface area contributed by atoms with E-state index >= 15 is 0 Å². The first kappa shape index (κ1) is 24.9. The first-order chi connectivity index (χ1) is 17.2. The van der Waals surface area contributed by atoms with Crippen molar-refractivity contribution in [1.29, 1.82) is 0 Å². The van der Waals surface area contributed by atoms with Crippen LogP contribution in [0, 0.1) is 29.1 Å². The van der Waals surface area contributed by atoms with Crippen molar-refractivity contribution in [1.82, 2.24) is 5.32 Å². The number of ether oxygens (including phenoxy) is 2. The van der Waals surface area contributed by atoms with Crippen LogP contribution < -0.4 is 10.1 Å². The molecule has 1 aliphatic carbocycles. The number of benzene rings is 3. The number of carbonyl (C=O) groups is 2. The molecule has 0 bridgehead atoms. The molecule has 0 aliphatic heterocycles. The number of alkyl carbamates (subject to hydrolysis) is 1. The van der Waals surface area contributed by atoms with Gasteiger partial charge in [-0.1, -0.05) is 54.6 Å². The molecule has 0 unspecified atom stereocenters. The monoisotopic (exact) mass is 503 g/mol. The van der Waals surface area contributed by atoms with Gasteiger partial charge in [-0.25, -0.2) is 22.8 Å². The van der Waals surface area contributed by atoms with Gasteiger partial charge in [0.15, 0.2) is 0 Å². The second-order valence-corrected chi connectivity index (χ2v) is 7.87. The highest BCUT2D eigenvalue weighted by molar-refractivity contribution is 5.83. The molecule has 3 aromatic rings. The standard InChI is InChI=1S/C26H18F5NO4/c1-2-7-18(25(33)36-24-22(30)20(28)19(27)21(29)23(24)31)32-26(34)35-12-17-15-10-5-3-8-13(15)14-9-4-6-11-16(14)17/h2-6,8-11,17-18H,1,7,12H2,(H,32,34)/t18-/m0/s1. The number of esters is 1. The van der Waals surface area contributed by atoms with Gasteiger partial charge in [0.1, 0.15) is 12.6 Å². The fraction of sp³-hybridized carbons (Fsp3) is 0.154. The van der Waals surface area contributed by atoms with Crippen molar-refractivity contribution in [3.8, 4) is 16.9 Å². The van der Waals surface area contributed by atoms with Crippen LogP contribution in [0.15, 0.2) is 61.2 Å². The summed E-state index contributed by atoms with van der Waals surface area (Å²) in [6.07, 6.45) is -0.148. The Hall–Kier alpha value is -4.21. The SMILES string of the molecule is C=CC[C@H](NC(=O)OCC1c2ccccc2-c2ccccc21)C(=O)Oc1c(F)c(F)c(F)c(F)c1F. The molecule has 10 heteroatoms. The first-order valence-electron chi connectivity index (χ1n) is 10.7. The molecular weight excluding hydrogens is 485 g/mol. The molecule has 1 atom stereocenters. The average Bonchev–Trinajstić information content (AvgIpc) is 3.21. The largest absolute Gasteiger partial charge is 0.449 e. The van der Waals surface area contributed by atoms with Crippen molar-refractivity contribution >= 4 is 12.1 Å². The van der Waals surface area contributed by atoms with E-state index in [2.05, 4.69) is 16.6 Å². The van der Waals surface area contributed by atoms with E-state index < -0.39 is 52.9 Å². The average molecular weight is 503 g/mol. The van der Waals surface area contributed by atoms with Gasteiger partial charge in [-0.05, 0) is 28.7 Å². The van der Waals surface area contributed by atoms with Gasteiger partial charge in [0.25, 0.3) is 0 Å². The summed E-state index contributed by atoms with van der Waals surface area (Å²) < 4.78 is 77.6. The van der Waals surface area contributed by atoms with E-state index in [9.17, 15) is 31.5 Å². The van der Waals surface area contributed by atoms with Crippen molar-refractivity contribution in [3.63, 3.8) is 0 Å².